The van der Waals surface area contributed by atoms with Gasteiger partial charge in [0.05, 0.1) is 26.1 Å². The second kappa shape index (κ2) is 8.39. The molecule has 160 valence electrons. The van der Waals surface area contributed by atoms with Crippen LogP contribution in [0.15, 0.2) is 48.8 Å². The van der Waals surface area contributed by atoms with Crippen LogP contribution in [0.3, 0.4) is 0 Å². The Morgan fingerprint density at radius 3 is 2.23 bits per heavy atom. The van der Waals surface area contributed by atoms with Crippen LogP contribution in [0.1, 0.15) is 5.56 Å². The lowest BCUT2D eigenvalue weighted by Gasteiger charge is -2.13. The number of non-ortho nitro benzene ring substituents is 1. The number of rotatable bonds is 6. The zero-order valence-electron chi connectivity index (χ0n) is 15.1. The van der Waals surface area contributed by atoms with Crippen molar-refractivity contribution in [3.05, 3.63) is 79.6 Å². The minimum absolute atomic E-state index is 0.124. The van der Waals surface area contributed by atoms with Crippen LogP contribution in [0, 0.1) is 20.2 Å². The lowest BCUT2D eigenvalue weighted by Crippen LogP contribution is -2.08. The van der Waals surface area contributed by atoms with E-state index in [9.17, 15) is 33.4 Å². The monoisotopic (exact) mass is 454 g/mol. The van der Waals surface area contributed by atoms with Crippen LogP contribution in [0.2, 0.25) is 5.02 Å². The van der Waals surface area contributed by atoms with Crippen LogP contribution in [-0.4, -0.2) is 19.8 Å². The fourth-order valence-corrected chi connectivity index (χ4v) is 2.66. The number of aromatic nitrogens is 2. The maximum absolute atomic E-state index is 13.0. The Hall–Kier alpha value is -4.00. The van der Waals surface area contributed by atoms with Crippen molar-refractivity contribution in [2.24, 2.45) is 0 Å². The van der Waals surface area contributed by atoms with Crippen LogP contribution < -0.4 is 10.6 Å². The smallest absolute Gasteiger partial charge is 0.334 e. The maximum Gasteiger partial charge on any atom is 0.416 e. The number of benzene rings is 2. The fourth-order valence-electron chi connectivity index (χ4n) is 2.49. The van der Waals surface area contributed by atoms with Gasteiger partial charge in [-0.05, 0) is 24.3 Å². The third kappa shape index (κ3) is 4.95. The first kappa shape index (κ1) is 21.7. The highest BCUT2D eigenvalue weighted by Crippen LogP contribution is 2.38. The number of halogens is 4. The van der Waals surface area contributed by atoms with Gasteiger partial charge in [0.1, 0.15) is 6.33 Å². The second-order valence-corrected chi connectivity index (χ2v) is 6.33. The number of nitrogens with one attached hydrogen (secondary N) is 2. The quantitative estimate of drug-likeness (QED) is 0.370. The molecule has 3 rings (SSSR count). The van der Waals surface area contributed by atoms with Gasteiger partial charge in [0.25, 0.3) is 5.69 Å². The van der Waals surface area contributed by atoms with Crippen molar-refractivity contribution < 1.29 is 23.0 Å². The zero-order valence-corrected chi connectivity index (χ0v) is 15.8. The van der Waals surface area contributed by atoms with E-state index in [1.54, 1.807) is 0 Å². The molecule has 2 aromatic carbocycles. The van der Waals surface area contributed by atoms with Crippen molar-refractivity contribution in [1.82, 2.24) is 9.97 Å². The van der Waals surface area contributed by atoms with E-state index in [1.165, 1.54) is 18.2 Å². The van der Waals surface area contributed by atoms with Gasteiger partial charge in [-0.15, -0.1) is 0 Å². The highest BCUT2D eigenvalue weighted by Gasteiger charge is 2.31. The Balaban J connectivity index is 2.01. The van der Waals surface area contributed by atoms with Crippen molar-refractivity contribution in [1.29, 1.82) is 0 Å². The number of alkyl halides is 3. The molecule has 0 bridgehead atoms. The van der Waals surface area contributed by atoms with Crippen molar-refractivity contribution in [2.45, 2.75) is 6.18 Å². The molecule has 0 unspecified atom stereocenters. The number of hydrogen-bond donors (Lipinski definition) is 2. The van der Waals surface area contributed by atoms with Gasteiger partial charge in [0, 0.05) is 17.8 Å². The van der Waals surface area contributed by atoms with Gasteiger partial charge >= 0.3 is 11.9 Å². The van der Waals surface area contributed by atoms with E-state index >= 15 is 0 Å². The van der Waals surface area contributed by atoms with Crippen LogP contribution in [0.4, 0.5) is 47.6 Å². The Bertz CT molecular complexity index is 1170. The summed E-state index contributed by atoms with van der Waals surface area (Å²) in [6, 6.07) is 7.55. The Kier molecular flexibility index (Phi) is 5.88. The summed E-state index contributed by atoms with van der Waals surface area (Å²) >= 11 is 5.92. The van der Waals surface area contributed by atoms with E-state index in [1.807, 2.05) is 0 Å². The average Bonchev–Trinajstić information content (AvgIpc) is 2.69. The molecule has 3 aromatic rings. The number of nitro groups is 2. The first-order chi connectivity index (χ1) is 14.6. The molecule has 2 N–H and O–H groups in total. The summed E-state index contributed by atoms with van der Waals surface area (Å²) in [5, 5.41) is 27.4. The predicted molar refractivity (Wildman–Crippen MR) is 105 cm³/mol. The molecular weight excluding hydrogens is 445 g/mol. The van der Waals surface area contributed by atoms with E-state index < -0.39 is 33.1 Å². The molecule has 0 amide bonds. The van der Waals surface area contributed by atoms with Crippen molar-refractivity contribution in [2.75, 3.05) is 10.6 Å². The molecule has 0 aliphatic rings. The summed E-state index contributed by atoms with van der Waals surface area (Å²) in [7, 11) is 0. The molecule has 0 aliphatic carbocycles. The Labute approximate surface area is 176 Å². The Morgan fingerprint density at radius 1 is 0.935 bits per heavy atom. The molecule has 0 saturated heterocycles. The summed E-state index contributed by atoms with van der Waals surface area (Å²) < 4.78 is 38.9. The second-order valence-electron chi connectivity index (χ2n) is 5.93. The van der Waals surface area contributed by atoms with Gasteiger partial charge in [-0.1, -0.05) is 17.7 Å². The molecule has 0 saturated carbocycles. The zero-order chi connectivity index (χ0) is 22.8. The highest BCUT2D eigenvalue weighted by atomic mass is 35.5. The number of anilines is 4. The van der Waals surface area contributed by atoms with Crippen molar-refractivity contribution in [3.63, 3.8) is 0 Å². The standard InChI is InChI=1S/C17H10ClF3N6O4/c18-12-5-4-9(17(19,20)21)6-13(12)25-16-14(27(30)31)15(22-8-23-16)24-10-2-1-3-11(7-10)26(28)29/h1-8H,(H2,22,23,24,25). The summed E-state index contributed by atoms with van der Waals surface area (Å²) in [4.78, 5) is 28.5. The van der Waals surface area contributed by atoms with Gasteiger partial charge in [-0.2, -0.15) is 13.2 Å². The summed E-state index contributed by atoms with van der Waals surface area (Å²) in [6.07, 6.45) is -3.73. The minimum atomic E-state index is -4.66. The molecule has 0 aliphatic heterocycles. The van der Waals surface area contributed by atoms with Gasteiger partial charge in [-0.25, -0.2) is 9.97 Å². The number of nitrogens with zero attached hydrogens (tertiary/aromatic N) is 4. The lowest BCUT2D eigenvalue weighted by atomic mass is 10.2. The fraction of sp³-hybridized carbons (Fsp3) is 0.0588. The molecule has 0 fully saturated rings. The Morgan fingerprint density at radius 2 is 1.61 bits per heavy atom. The van der Waals surface area contributed by atoms with Gasteiger partial charge in [0.2, 0.25) is 11.6 Å². The molecule has 14 heteroatoms. The average molecular weight is 455 g/mol. The van der Waals surface area contributed by atoms with Crippen LogP contribution in [0.25, 0.3) is 0 Å². The third-order valence-corrected chi connectivity index (χ3v) is 4.20. The van der Waals surface area contributed by atoms with Crippen LogP contribution >= 0.6 is 11.6 Å². The van der Waals surface area contributed by atoms with E-state index in [4.69, 9.17) is 11.6 Å². The maximum atomic E-state index is 13.0. The van der Waals surface area contributed by atoms with Gasteiger partial charge in [-0.3, -0.25) is 20.2 Å². The van der Waals surface area contributed by atoms with E-state index in [-0.39, 0.29) is 27.9 Å². The minimum Gasteiger partial charge on any atom is -0.334 e. The van der Waals surface area contributed by atoms with E-state index in [2.05, 4.69) is 20.6 Å². The normalized spacial score (nSPS) is 11.1. The van der Waals surface area contributed by atoms with E-state index in [0.29, 0.717) is 6.07 Å². The van der Waals surface area contributed by atoms with Crippen molar-refractivity contribution >= 4 is 46.0 Å². The molecular formula is C17H10ClF3N6O4. The largest absolute Gasteiger partial charge is 0.416 e. The first-order valence-electron chi connectivity index (χ1n) is 8.21. The molecule has 0 atom stereocenters. The van der Waals surface area contributed by atoms with Crippen LogP contribution in [-0.2, 0) is 6.18 Å². The summed E-state index contributed by atoms with van der Waals surface area (Å²) in [5.41, 5.74) is -2.14. The molecule has 0 radical (unpaired) electrons. The molecule has 1 aromatic heterocycles. The van der Waals surface area contributed by atoms with Gasteiger partial charge in [0.15, 0.2) is 0 Å². The predicted octanol–water partition coefficient (Wildman–Crippen LogP) is 5.45. The number of nitro benzene ring substituents is 1. The first-order valence-corrected chi connectivity index (χ1v) is 8.58. The topological polar surface area (TPSA) is 136 Å². The molecule has 1 heterocycles. The summed E-state index contributed by atoms with van der Waals surface area (Å²) in [5.74, 6) is -0.778. The van der Waals surface area contributed by atoms with Gasteiger partial charge < -0.3 is 10.6 Å². The highest BCUT2D eigenvalue weighted by molar-refractivity contribution is 6.33. The molecule has 31 heavy (non-hydrogen) atoms. The van der Waals surface area contributed by atoms with Crippen molar-refractivity contribution in [3.8, 4) is 0 Å². The summed E-state index contributed by atoms with van der Waals surface area (Å²) in [6.45, 7) is 0. The number of hydrogen-bond acceptors (Lipinski definition) is 8. The van der Waals surface area contributed by atoms with Crippen LogP contribution in [0.5, 0.6) is 0 Å². The SMILES string of the molecule is O=[N+]([O-])c1cccc(Nc2ncnc(Nc3cc(C(F)(F)F)ccc3Cl)c2[N+](=O)[O-])c1. The lowest BCUT2D eigenvalue weighted by molar-refractivity contribution is -0.384. The molecule has 0 spiro atoms. The van der Waals surface area contributed by atoms with E-state index in [0.717, 1.165) is 24.5 Å². The molecule has 10 nitrogen and oxygen atoms in total. The third-order valence-electron chi connectivity index (χ3n) is 3.87.